The second kappa shape index (κ2) is 6.87. The molecule has 2 N–H and O–H groups in total. The van der Waals surface area contributed by atoms with Crippen LogP contribution >= 0.6 is 0 Å². The molecule has 22 heavy (non-hydrogen) atoms. The number of aromatic nitrogens is 1. The van der Waals surface area contributed by atoms with Gasteiger partial charge >= 0.3 is 0 Å². The third kappa shape index (κ3) is 3.82. The highest BCUT2D eigenvalue weighted by Gasteiger charge is 2.25. The summed E-state index contributed by atoms with van der Waals surface area (Å²) in [6, 6.07) is 1.45. The number of nitrogens with one attached hydrogen (secondary N) is 2. The number of carbonyl (C=O) groups is 2. The number of hydrogen-bond acceptors (Lipinski definition) is 4. The highest BCUT2D eigenvalue weighted by molar-refractivity contribution is 6.01. The largest absolute Gasteiger partial charge is 0.352 e. The molecule has 1 amide bonds. The van der Waals surface area contributed by atoms with Crippen molar-refractivity contribution in [1.82, 2.24) is 15.2 Å². The zero-order valence-corrected chi connectivity index (χ0v) is 13.4. The summed E-state index contributed by atoms with van der Waals surface area (Å²) in [6.07, 6.45) is 1.93. The molecule has 0 aromatic carbocycles. The maximum absolute atomic E-state index is 12.1. The molecular weight excluding hydrogens is 282 g/mol. The molecule has 1 aromatic heterocycles. The fraction of sp³-hybridized carbons (Fsp3) is 0.562. The number of nitrogens with zero attached hydrogens (tertiary/aromatic N) is 1. The number of rotatable bonds is 5. The number of fused-ring (bicyclic) bond motifs is 1. The molecule has 0 radical (unpaired) electrons. The Morgan fingerprint density at radius 2 is 2.09 bits per heavy atom. The third-order valence-electron chi connectivity index (χ3n) is 3.82. The second-order valence-corrected chi connectivity index (χ2v) is 6.25. The first-order chi connectivity index (χ1) is 10.4. The van der Waals surface area contributed by atoms with Gasteiger partial charge in [-0.1, -0.05) is 6.92 Å². The predicted molar refractivity (Wildman–Crippen MR) is 84.4 cm³/mol. The maximum Gasteiger partial charge on any atom is 0.261 e. The lowest BCUT2D eigenvalue weighted by molar-refractivity contribution is 0.0950. The monoisotopic (exact) mass is 305 g/mol. The van der Waals surface area contributed by atoms with Crippen LogP contribution in [0.15, 0.2) is 10.9 Å². The molecule has 0 fully saturated rings. The van der Waals surface area contributed by atoms with Crippen LogP contribution in [0.3, 0.4) is 0 Å². The van der Waals surface area contributed by atoms with Crippen LogP contribution in [0.25, 0.3) is 0 Å². The van der Waals surface area contributed by atoms with E-state index in [0.717, 1.165) is 13.0 Å². The quantitative estimate of drug-likeness (QED) is 0.789. The van der Waals surface area contributed by atoms with Crippen LogP contribution < -0.4 is 10.9 Å². The Morgan fingerprint density at radius 1 is 1.36 bits per heavy atom. The third-order valence-corrected chi connectivity index (χ3v) is 3.82. The van der Waals surface area contributed by atoms with Crippen molar-refractivity contribution >= 4 is 11.7 Å². The highest BCUT2D eigenvalue weighted by atomic mass is 16.2. The van der Waals surface area contributed by atoms with Gasteiger partial charge in [0.05, 0.1) is 0 Å². The molecule has 1 atom stereocenters. The van der Waals surface area contributed by atoms with Gasteiger partial charge in [0.25, 0.3) is 11.5 Å². The Hall–Kier alpha value is -1.95. The first-order valence-electron chi connectivity index (χ1n) is 7.60. The van der Waals surface area contributed by atoms with Gasteiger partial charge < -0.3 is 15.2 Å². The molecule has 6 heteroatoms. The average molecular weight is 305 g/mol. The number of carbonyl (C=O) groups excluding carboxylic acids is 2. The Morgan fingerprint density at radius 3 is 2.77 bits per heavy atom. The van der Waals surface area contributed by atoms with E-state index in [1.165, 1.54) is 6.07 Å². The summed E-state index contributed by atoms with van der Waals surface area (Å²) < 4.78 is 0. The lowest BCUT2D eigenvalue weighted by Crippen LogP contribution is -2.33. The summed E-state index contributed by atoms with van der Waals surface area (Å²) >= 11 is 0. The number of H-pyrrole nitrogens is 1. The topological polar surface area (TPSA) is 82.3 Å². The standard InChI is InChI=1S/C16H23N3O3/c1-10-7-13-11(14(20)8-10)9-12(16(22)18-13)15(21)17-5-4-6-19(2)3/h9-10H,4-8H2,1-3H3,(H,17,21)(H,18,22). The van der Waals surface area contributed by atoms with Crippen LogP contribution in [-0.2, 0) is 6.42 Å². The van der Waals surface area contributed by atoms with E-state index < -0.39 is 11.5 Å². The molecule has 1 heterocycles. The minimum absolute atomic E-state index is 0.00772. The van der Waals surface area contributed by atoms with Crippen molar-refractivity contribution in [3.05, 3.63) is 33.2 Å². The molecule has 0 bridgehead atoms. The van der Waals surface area contributed by atoms with E-state index in [4.69, 9.17) is 0 Å². The van der Waals surface area contributed by atoms with E-state index in [-0.39, 0.29) is 17.3 Å². The fourth-order valence-electron chi connectivity index (χ4n) is 2.69. The lowest BCUT2D eigenvalue weighted by Gasteiger charge is -2.20. The minimum Gasteiger partial charge on any atom is -0.352 e. The summed E-state index contributed by atoms with van der Waals surface area (Å²) in [4.78, 5) is 40.9. The maximum atomic E-state index is 12.1. The van der Waals surface area contributed by atoms with Crippen LogP contribution in [-0.4, -0.2) is 48.8 Å². The molecule has 120 valence electrons. The molecule has 0 spiro atoms. The van der Waals surface area contributed by atoms with Crippen molar-refractivity contribution < 1.29 is 9.59 Å². The van der Waals surface area contributed by atoms with Crippen molar-refractivity contribution in [1.29, 1.82) is 0 Å². The summed E-state index contributed by atoms with van der Waals surface area (Å²) in [5, 5.41) is 2.73. The van der Waals surface area contributed by atoms with Crippen LogP contribution in [0, 0.1) is 5.92 Å². The molecule has 1 unspecified atom stereocenters. The Bertz CT molecular complexity index is 634. The summed E-state index contributed by atoms with van der Waals surface area (Å²) in [6.45, 7) is 3.33. The van der Waals surface area contributed by atoms with E-state index in [0.29, 0.717) is 30.6 Å². The smallest absolute Gasteiger partial charge is 0.261 e. The van der Waals surface area contributed by atoms with Gasteiger partial charge in [-0.3, -0.25) is 14.4 Å². The van der Waals surface area contributed by atoms with Crippen molar-refractivity contribution in [3.63, 3.8) is 0 Å². The number of amides is 1. The van der Waals surface area contributed by atoms with E-state index in [9.17, 15) is 14.4 Å². The molecule has 1 aromatic rings. The molecular formula is C16H23N3O3. The molecule has 6 nitrogen and oxygen atoms in total. The van der Waals surface area contributed by atoms with Crippen molar-refractivity contribution in [2.24, 2.45) is 5.92 Å². The van der Waals surface area contributed by atoms with Gasteiger partial charge in [0.15, 0.2) is 5.78 Å². The molecule has 0 saturated carbocycles. The van der Waals surface area contributed by atoms with Crippen LogP contribution in [0.4, 0.5) is 0 Å². The van der Waals surface area contributed by atoms with Gasteiger partial charge in [-0.05, 0) is 45.5 Å². The predicted octanol–water partition coefficient (Wildman–Crippen LogP) is 0.821. The van der Waals surface area contributed by atoms with E-state index in [1.54, 1.807) is 0 Å². The summed E-state index contributed by atoms with van der Waals surface area (Å²) in [7, 11) is 3.92. The molecule has 1 aliphatic rings. The van der Waals surface area contributed by atoms with Gasteiger partial charge in [0.2, 0.25) is 0 Å². The number of ketones is 1. The Labute approximate surface area is 129 Å². The summed E-state index contributed by atoms with van der Waals surface area (Å²) in [5.41, 5.74) is 0.728. The van der Waals surface area contributed by atoms with E-state index >= 15 is 0 Å². The first-order valence-corrected chi connectivity index (χ1v) is 7.60. The fourth-order valence-corrected chi connectivity index (χ4v) is 2.69. The van der Waals surface area contributed by atoms with Crippen LogP contribution in [0.5, 0.6) is 0 Å². The number of hydrogen-bond donors (Lipinski definition) is 2. The van der Waals surface area contributed by atoms with Gasteiger partial charge in [-0.25, -0.2) is 0 Å². The van der Waals surface area contributed by atoms with Crippen LogP contribution in [0.1, 0.15) is 46.2 Å². The van der Waals surface area contributed by atoms with Gasteiger partial charge in [-0.15, -0.1) is 0 Å². The van der Waals surface area contributed by atoms with Crippen molar-refractivity contribution in [2.75, 3.05) is 27.2 Å². The van der Waals surface area contributed by atoms with E-state index in [2.05, 4.69) is 10.3 Å². The molecule has 0 aliphatic heterocycles. The Kier molecular flexibility index (Phi) is 5.13. The highest BCUT2D eigenvalue weighted by Crippen LogP contribution is 2.23. The minimum atomic E-state index is -0.425. The number of pyridine rings is 1. The van der Waals surface area contributed by atoms with Crippen LogP contribution in [0.2, 0.25) is 0 Å². The first kappa shape index (κ1) is 16.4. The SMILES string of the molecule is CC1CC(=O)c2cc(C(=O)NCCCN(C)C)c(=O)[nH]c2C1. The zero-order chi connectivity index (χ0) is 16.3. The van der Waals surface area contributed by atoms with Crippen molar-refractivity contribution in [2.45, 2.75) is 26.2 Å². The lowest BCUT2D eigenvalue weighted by atomic mass is 9.86. The molecule has 0 saturated heterocycles. The average Bonchev–Trinajstić information content (AvgIpc) is 2.42. The van der Waals surface area contributed by atoms with Gasteiger partial charge in [0.1, 0.15) is 5.56 Å². The van der Waals surface area contributed by atoms with Crippen molar-refractivity contribution in [3.8, 4) is 0 Å². The Balaban J connectivity index is 2.12. The summed E-state index contributed by atoms with van der Waals surface area (Å²) in [5.74, 6) is -0.206. The van der Waals surface area contributed by atoms with E-state index in [1.807, 2.05) is 25.9 Å². The normalized spacial score (nSPS) is 17.5. The van der Waals surface area contributed by atoms with Gasteiger partial charge in [-0.2, -0.15) is 0 Å². The second-order valence-electron chi connectivity index (χ2n) is 6.25. The number of aromatic amines is 1. The molecule has 2 rings (SSSR count). The molecule has 1 aliphatic carbocycles. The zero-order valence-electron chi connectivity index (χ0n) is 13.4. The van der Waals surface area contributed by atoms with Gasteiger partial charge in [0, 0.05) is 24.2 Å². The number of Topliss-reactive ketones (excluding diaryl/α,β-unsaturated/α-hetero) is 1.